The van der Waals surface area contributed by atoms with Crippen molar-refractivity contribution < 1.29 is 0 Å². The average molecular weight is 755 g/mol. The molecule has 5 nitrogen and oxygen atoms in total. The molecule has 3 aromatic heterocycles. The molecule has 194 valence electrons. The highest BCUT2D eigenvalue weighted by molar-refractivity contribution is 14.2. The van der Waals surface area contributed by atoms with Crippen LogP contribution in [0.2, 0.25) is 0 Å². The van der Waals surface area contributed by atoms with E-state index in [0.29, 0.717) is 12.7 Å². The number of hydrogen-bond donors (Lipinski definition) is 0. The van der Waals surface area contributed by atoms with Crippen LogP contribution >= 0.6 is 56.8 Å². The van der Waals surface area contributed by atoms with Gasteiger partial charge in [0.25, 0.3) is 0 Å². The van der Waals surface area contributed by atoms with E-state index in [1.54, 1.807) is 0 Å². The van der Waals surface area contributed by atoms with Crippen LogP contribution in [0.25, 0.3) is 33.5 Å². The van der Waals surface area contributed by atoms with E-state index in [2.05, 4.69) is 111 Å². The third-order valence-corrected chi connectivity index (χ3v) is 12.4. The monoisotopic (exact) mass is 755 g/mol. The smallest absolute Gasteiger partial charge is 0.0976 e. The van der Waals surface area contributed by atoms with Crippen molar-refractivity contribution in [3.63, 3.8) is 0 Å². The van der Waals surface area contributed by atoms with E-state index in [1.165, 1.54) is 70.4 Å². The fraction of sp³-hybridized carbons (Fsp3) is 0.464. The molecule has 2 aliphatic rings. The van der Waals surface area contributed by atoms with Gasteiger partial charge in [-0.25, -0.2) is 13.9 Å². The Labute approximate surface area is 249 Å². The van der Waals surface area contributed by atoms with Crippen molar-refractivity contribution in [1.82, 2.24) is 24.1 Å². The Morgan fingerprint density at radius 3 is 2.27 bits per heavy atom. The maximum absolute atomic E-state index is 5.52. The number of halogens is 2. The molecule has 3 heterocycles. The Morgan fingerprint density at radius 1 is 0.892 bits per heavy atom. The molecule has 0 fully saturated rings. The first-order chi connectivity index (χ1) is 17.8. The summed E-state index contributed by atoms with van der Waals surface area (Å²) in [5.41, 5.74) is 10.2. The summed E-state index contributed by atoms with van der Waals surface area (Å²) in [5, 5.41) is 12.9. The van der Waals surface area contributed by atoms with Crippen LogP contribution in [0.1, 0.15) is 82.3 Å². The summed E-state index contributed by atoms with van der Waals surface area (Å²) in [6.45, 7) is 9.40. The molecule has 3 atom stereocenters. The van der Waals surface area contributed by atoms with E-state index in [9.17, 15) is 0 Å². The molecular weight excluding hydrogens is 722 g/mol. The molecular formula is C28H33I2N5P2. The molecule has 4 aromatic rings. The van der Waals surface area contributed by atoms with Gasteiger partial charge in [-0.15, -0.1) is 0 Å². The maximum Gasteiger partial charge on any atom is 0.0976 e. The SMILES string of the molecule is CCC1(C)CCCc2c1nn(PI)c2-c1cc2ccccc2c(-c2c3c(nn2PI)C(C)(C)CCC3)n1. The minimum absolute atomic E-state index is 0.0991. The first kappa shape index (κ1) is 26.6. The van der Waals surface area contributed by atoms with Gasteiger partial charge in [0.2, 0.25) is 0 Å². The van der Waals surface area contributed by atoms with Gasteiger partial charge in [0, 0.05) is 27.3 Å². The van der Waals surface area contributed by atoms with Crippen molar-refractivity contribution >= 4 is 67.6 Å². The van der Waals surface area contributed by atoms with Gasteiger partial charge < -0.3 is 0 Å². The van der Waals surface area contributed by atoms with Gasteiger partial charge in [-0.3, -0.25) is 0 Å². The van der Waals surface area contributed by atoms with Crippen LogP contribution in [0.5, 0.6) is 0 Å². The molecule has 0 aliphatic heterocycles. The molecule has 37 heavy (non-hydrogen) atoms. The molecule has 1 aromatic carbocycles. The zero-order valence-corrected chi connectivity index (χ0v) is 28.1. The standard InChI is InChI=1S/C28H33I2N5P2/c1-5-28(4)15-9-13-19-23(34(36-29)33-26(19)28)21-16-17-10-6-7-11-18(17)22(31-21)24-20-12-8-14-27(2,3)25(20)32-35(24)37-30/h6-7,10-11,16,36-37H,5,8-9,12-15H2,1-4H3. The maximum atomic E-state index is 5.52. The molecule has 0 spiro atoms. The fourth-order valence-corrected chi connectivity index (χ4v) is 9.51. The van der Waals surface area contributed by atoms with Crippen LogP contribution in [0.4, 0.5) is 0 Å². The minimum Gasteiger partial charge on any atom is -0.244 e. The van der Waals surface area contributed by atoms with Crippen LogP contribution in [-0.4, -0.2) is 24.1 Å². The van der Waals surface area contributed by atoms with Crippen LogP contribution in [-0.2, 0) is 23.7 Å². The van der Waals surface area contributed by atoms with Gasteiger partial charge in [-0.1, -0.05) is 52.0 Å². The van der Waals surface area contributed by atoms with E-state index in [1.807, 2.05) is 0 Å². The van der Waals surface area contributed by atoms with Crippen molar-refractivity contribution in [2.75, 3.05) is 0 Å². The van der Waals surface area contributed by atoms with Gasteiger partial charge in [0.1, 0.15) is 0 Å². The van der Waals surface area contributed by atoms with Crippen molar-refractivity contribution in [3.05, 3.63) is 52.8 Å². The zero-order valence-electron chi connectivity index (χ0n) is 21.8. The number of pyridine rings is 1. The molecule has 0 N–H and O–H groups in total. The van der Waals surface area contributed by atoms with Gasteiger partial charge >= 0.3 is 0 Å². The van der Waals surface area contributed by atoms with Crippen molar-refractivity contribution in [1.29, 1.82) is 0 Å². The van der Waals surface area contributed by atoms with E-state index in [4.69, 9.17) is 15.2 Å². The normalized spacial score (nSPS) is 21.4. The second kappa shape index (κ2) is 10.1. The van der Waals surface area contributed by atoms with E-state index < -0.39 is 0 Å². The third kappa shape index (κ3) is 4.33. The van der Waals surface area contributed by atoms with Crippen LogP contribution in [0, 0.1) is 0 Å². The van der Waals surface area contributed by atoms with Crippen molar-refractivity contribution in [2.45, 2.75) is 83.5 Å². The summed E-state index contributed by atoms with van der Waals surface area (Å²) in [5.74, 6) is 0. The van der Waals surface area contributed by atoms with Crippen LogP contribution < -0.4 is 0 Å². The highest BCUT2D eigenvalue weighted by Crippen LogP contribution is 2.48. The molecule has 2 aliphatic carbocycles. The largest absolute Gasteiger partial charge is 0.244 e. The van der Waals surface area contributed by atoms with Gasteiger partial charge in [-0.05, 0) is 100 Å². The number of fused-ring (bicyclic) bond motifs is 3. The van der Waals surface area contributed by atoms with E-state index in [0.717, 1.165) is 30.7 Å². The molecule has 0 saturated carbocycles. The molecule has 6 rings (SSSR count). The number of aromatic nitrogens is 5. The molecule has 0 saturated heterocycles. The van der Waals surface area contributed by atoms with Crippen molar-refractivity contribution in [3.8, 4) is 22.8 Å². The number of nitrogens with zero attached hydrogens (tertiary/aromatic N) is 5. The second-order valence-corrected chi connectivity index (χ2v) is 15.5. The Balaban J connectivity index is 1.65. The highest BCUT2D eigenvalue weighted by atomic mass is 127. The molecule has 0 bridgehead atoms. The molecule has 0 radical (unpaired) electrons. The van der Waals surface area contributed by atoms with Crippen LogP contribution in [0.3, 0.4) is 0 Å². The topological polar surface area (TPSA) is 48.5 Å². The number of hydrogen-bond acceptors (Lipinski definition) is 3. The van der Waals surface area contributed by atoms with E-state index in [-0.39, 0.29) is 10.8 Å². The van der Waals surface area contributed by atoms with Crippen molar-refractivity contribution in [2.24, 2.45) is 0 Å². The lowest BCUT2D eigenvalue weighted by molar-refractivity contribution is 0.371. The minimum atomic E-state index is 0.0991. The number of benzene rings is 1. The second-order valence-electron chi connectivity index (χ2n) is 11.4. The Bertz CT molecular complexity index is 1510. The molecule has 3 unspecified atom stereocenters. The predicted octanol–water partition coefficient (Wildman–Crippen LogP) is 9.16. The van der Waals surface area contributed by atoms with Gasteiger partial charge in [0.05, 0.1) is 46.9 Å². The lowest BCUT2D eigenvalue weighted by Crippen LogP contribution is -2.26. The summed E-state index contributed by atoms with van der Waals surface area (Å²) in [7, 11) is 0. The Morgan fingerprint density at radius 2 is 1.54 bits per heavy atom. The summed E-state index contributed by atoms with van der Waals surface area (Å²) in [6, 6.07) is 11.1. The first-order valence-corrected chi connectivity index (χ1v) is 21.3. The lowest BCUT2D eigenvalue weighted by Gasteiger charge is -2.31. The Hall–Kier alpha value is -0.630. The summed E-state index contributed by atoms with van der Waals surface area (Å²) in [6.07, 6.45) is 9.18. The zero-order chi connectivity index (χ0) is 25.9. The van der Waals surface area contributed by atoms with Gasteiger partial charge in [0.15, 0.2) is 0 Å². The Kier molecular flexibility index (Phi) is 7.25. The van der Waals surface area contributed by atoms with Crippen LogP contribution in [0.15, 0.2) is 30.3 Å². The quantitative estimate of drug-likeness (QED) is 0.151. The predicted molar refractivity (Wildman–Crippen MR) is 176 cm³/mol. The summed E-state index contributed by atoms with van der Waals surface area (Å²) >= 11 is 4.96. The average Bonchev–Trinajstić information content (AvgIpc) is 3.48. The fourth-order valence-electron chi connectivity index (χ4n) is 6.48. The third-order valence-electron chi connectivity index (χ3n) is 8.71. The summed E-state index contributed by atoms with van der Waals surface area (Å²) < 4.78 is 4.47. The van der Waals surface area contributed by atoms with Gasteiger partial charge in [-0.2, -0.15) is 10.2 Å². The lowest BCUT2D eigenvalue weighted by atomic mass is 9.73. The first-order valence-electron chi connectivity index (χ1n) is 13.2. The summed E-state index contributed by atoms with van der Waals surface area (Å²) in [4.78, 5) is 5.52. The van der Waals surface area contributed by atoms with E-state index >= 15 is 0 Å². The number of rotatable bonds is 5. The highest BCUT2D eigenvalue weighted by Gasteiger charge is 2.38. The molecule has 0 amide bonds. The molecule has 9 heteroatoms.